The SMILES string of the molecule is C#CCn1cc(CN(C)c2nc(CC(C)C)ns2)cn1. The van der Waals surface area contributed by atoms with Crippen LogP contribution in [0.25, 0.3) is 0 Å². The summed E-state index contributed by atoms with van der Waals surface area (Å²) in [5.74, 6) is 4.07. The van der Waals surface area contributed by atoms with Gasteiger partial charge in [0.05, 0.1) is 6.20 Å². The average molecular weight is 289 g/mol. The van der Waals surface area contributed by atoms with Gasteiger partial charge in [-0.15, -0.1) is 6.42 Å². The highest BCUT2D eigenvalue weighted by molar-refractivity contribution is 7.09. The van der Waals surface area contributed by atoms with Crippen LogP contribution in [0.4, 0.5) is 5.13 Å². The number of terminal acetylenes is 1. The van der Waals surface area contributed by atoms with Gasteiger partial charge in [0.2, 0.25) is 5.13 Å². The van der Waals surface area contributed by atoms with Gasteiger partial charge < -0.3 is 4.90 Å². The lowest BCUT2D eigenvalue weighted by atomic mass is 10.1. The first-order chi connectivity index (χ1) is 9.58. The standard InChI is InChI=1S/C14H19N5S/c1-5-6-19-10-12(8-15-19)9-18(4)14-16-13(17-20-14)7-11(2)3/h1,8,10-11H,6-7,9H2,2-4H3. The molecule has 0 amide bonds. The molecule has 0 aromatic carbocycles. The molecule has 0 radical (unpaired) electrons. The molecule has 0 atom stereocenters. The summed E-state index contributed by atoms with van der Waals surface area (Å²) in [4.78, 5) is 6.65. The molecule has 2 heterocycles. The lowest BCUT2D eigenvalue weighted by Gasteiger charge is -2.13. The van der Waals surface area contributed by atoms with Gasteiger partial charge in [-0.2, -0.15) is 9.47 Å². The fraction of sp³-hybridized carbons (Fsp3) is 0.500. The van der Waals surface area contributed by atoms with Crippen molar-refractivity contribution in [3.05, 3.63) is 23.8 Å². The van der Waals surface area contributed by atoms with Gasteiger partial charge in [-0.1, -0.05) is 19.8 Å². The Balaban J connectivity index is 1.98. The summed E-state index contributed by atoms with van der Waals surface area (Å²) in [5, 5.41) is 5.15. The Morgan fingerprint density at radius 1 is 1.50 bits per heavy atom. The summed E-state index contributed by atoms with van der Waals surface area (Å²) in [6.07, 6.45) is 9.99. The van der Waals surface area contributed by atoms with Gasteiger partial charge in [-0.25, -0.2) is 4.98 Å². The molecule has 0 N–H and O–H groups in total. The van der Waals surface area contributed by atoms with E-state index in [1.54, 1.807) is 4.68 Å². The molecule has 106 valence electrons. The van der Waals surface area contributed by atoms with E-state index in [9.17, 15) is 0 Å². The number of hydrogen-bond acceptors (Lipinski definition) is 5. The average Bonchev–Trinajstić information content (AvgIpc) is 2.99. The van der Waals surface area contributed by atoms with Crippen LogP contribution in [-0.4, -0.2) is 26.2 Å². The van der Waals surface area contributed by atoms with E-state index in [4.69, 9.17) is 6.42 Å². The van der Waals surface area contributed by atoms with E-state index in [2.05, 4.69) is 39.1 Å². The van der Waals surface area contributed by atoms with E-state index in [-0.39, 0.29) is 0 Å². The normalized spacial score (nSPS) is 10.8. The summed E-state index contributed by atoms with van der Waals surface area (Å²) >= 11 is 1.44. The Hall–Kier alpha value is -1.87. The fourth-order valence-electron chi connectivity index (χ4n) is 1.86. The van der Waals surface area contributed by atoms with Crippen molar-refractivity contribution < 1.29 is 0 Å². The van der Waals surface area contributed by atoms with Crippen molar-refractivity contribution in [1.82, 2.24) is 19.1 Å². The minimum Gasteiger partial charge on any atom is -0.345 e. The maximum atomic E-state index is 5.27. The van der Waals surface area contributed by atoms with Crippen LogP contribution in [0.5, 0.6) is 0 Å². The van der Waals surface area contributed by atoms with Gasteiger partial charge in [-0.3, -0.25) is 4.68 Å². The molecule has 0 aliphatic rings. The Bertz CT molecular complexity index is 593. The summed E-state index contributed by atoms with van der Waals surface area (Å²) < 4.78 is 6.15. The van der Waals surface area contributed by atoms with Crippen LogP contribution in [0.2, 0.25) is 0 Å². The van der Waals surface area contributed by atoms with Gasteiger partial charge in [0.15, 0.2) is 0 Å². The van der Waals surface area contributed by atoms with Crippen molar-refractivity contribution in [2.75, 3.05) is 11.9 Å². The zero-order valence-corrected chi connectivity index (χ0v) is 12.9. The molecular formula is C14H19N5S. The van der Waals surface area contributed by atoms with E-state index < -0.39 is 0 Å². The Kier molecular flexibility index (Phi) is 4.74. The molecule has 2 rings (SSSR count). The van der Waals surface area contributed by atoms with E-state index >= 15 is 0 Å². The van der Waals surface area contributed by atoms with Crippen LogP contribution in [0.1, 0.15) is 25.2 Å². The quantitative estimate of drug-likeness (QED) is 0.765. The van der Waals surface area contributed by atoms with Gasteiger partial charge in [-0.05, 0) is 5.92 Å². The molecule has 0 saturated heterocycles. The maximum Gasteiger partial charge on any atom is 0.205 e. The van der Waals surface area contributed by atoms with Gasteiger partial charge in [0.25, 0.3) is 0 Å². The third-order valence-corrected chi connectivity index (χ3v) is 3.60. The topological polar surface area (TPSA) is 46.8 Å². The minimum absolute atomic E-state index is 0.501. The molecule has 0 fully saturated rings. The van der Waals surface area contributed by atoms with Crippen LogP contribution in [0, 0.1) is 18.3 Å². The van der Waals surface area contributed by atoms with Crippen LogP contribution >= 0.6 is 11.5 Å². The molecule has 5 nitrogen and oxygen atoms in total. The largest absolute Gasteiger partial charge is 0.345 e. The molecule has 0 spiro atoms. The number of anilines is 1. The second kappa shape index (κ2) is 6.53. The smallest absolute Gasteiger partial charge is 0.205 e. The highest BCUT2D eigenvalue weighted by Gasteiger charge is 2.11. The van der Waals surface area contributed by atoms with Gasteiger partial charge >= 0.3 is 0 Å². The summed E-state index contributed by atoms with van der Waals surface area (Å²) in [6.45, 7) is 5.59. The third kappa shape index (κ3) is 3.81. The summed E-state index contributed by atoms with van der Waals surface area (Å²) in [5.41, 5.74) is 1.11. The number of aromatic nitrogens is 4. The van der Waals surface area contributed by atoms with Gasteiger partial charge in [0.1, 0.15) is 12.4 Å². The minimum atomic E-state index is 0.501. The van der Waals surface area contributed by atoms with E-state index in [0.29, 0.717) is 12.5 Å². The molecule has 2 aromatic rings. The van der Waals surface area contributed by atoms with Crippen molar-refractivity contribution in [2.24, 2.45) is 5.92 Å². The third-order valence-electron chi connectivity index (χ3n) is 2.73. The molecule has 0 aliphatic carbocycles. The molecule has 6 heteroatoms. The van der Waals surface area contributed by atoms with Crippen molar-refractivity contribution in [3.63, 3.8) is 0 Å². The van der Waals surface area contributed by atoms with Crippen LogP contribution in [0.3, 0.4) is 0 Å². The predicted molar refractivity (Wildman–Crippen MR) is 81.6 cm³/mol. The van der Waals surface area contributed by atoms with E-state index in [1.165, 1.54) is 11.5 Å². The van der Waals surface area contributed by atoms with Crippen LogP contribution in [-0.2, 0) is 19.5 Å². The van der Waals surface area contributed by atoms with Crippen LogP contribution < -0.4 is 4.90 Å². The lowest BCUT2D eigenvalue weighted by molar-refractivity contribution is 0.627. The van der Waals surface area contributed by atoms with Gasteiger partial charge in [0, 0.05) is 43.3 Å². The first-order valence-corrected chi connectivity index (χ1v) is 7.34. The summed E-state index contributed by atoms with van der Waals surface area (Å²) in [7, 11) is 2.01. The molecule has 20 heavy (non-hydrogen) atoms. The second-order valence-electron chi connectivity index (χ2n) is 5.20. The molecule has 0 bridgehead atoms. The number of rotatable bonds is 6. The Morgan fingerprint density at radius 2 is 2.30 bits per heavy atom. The second-order valence-corrected chi connectivity index (χ2v) is 5.93. The van der Waals surface area contributed by atoms with Crippen molar-refractivity contribution in [3.8, 4) is 12.3 Å². The van der Waals surface area contributed by atoms with E-state index in [0.717, 1.165) is 29.5 Å². The highest BCUT2D eigenvalue weighted by atomic mass is 32.1. The molecule has 2 aromatic heterocycles. The molecule has 0 unspecified atom stereocenters. The van der Waals surface area contributed by atoms with Crippen molar-refractivity contribution >= 4 is 16.7 Å². The highest BCUT2D eigenvalue weighted by Crippen LogP contribution is 2.19. The monoisotopic (exact) mass is 289 g/mol. The molecule has 0 aliphatic heterocycles. The zero-order chi connectivity index (χ0) is 14.5. The fourth-order valence-corrected chi connectivity index (χ4v) is 2.51. The molecule has 0 saturated carbocycles. The van der Waals surface area contributed by atoms with E-state index in [1.807, 2.05) is 19.4 Å². The van der Waals surface area contributed by atoms with Crippen molar-refractivity contribution in [1.29, 1.82) is 0 Å². The maximum absolute atomic E-state index is 5.27. The van der Waals surface area contributed by atoms with Crippen molar-refractivity contribution in [2.45, 2.75) is 33.4 Å². The lowest BCUT2D eigenvalue weighted by Crippen LogP contribution is -2.15. The predicted octanol–water partition coefficient (Wildman–Crippen LogP) is 2.20. The zero-order valence-electron chi connectivity index (χ0n) is 12.1. The summed E-state index contributed by atoms with van der Waals surface area (Å²) in [6, 6.07) is 0. The number of hydrogen-bond donors (Lipinski definition) is 0. The first-order valence-electron chi connectivity index (χ1n) is 6.57. The Morgan fingerprint density at radius 3 is 3.00 bits per heavy atom. The number of nitrogens with zero attached hydrogens (tertiary/aromatic N) is 5. The van der Waals surface area contributed by atoms with Crippen LogP contribution in [0.15, 0.2) is 12.4 Å². The first kappa shape index (κ1) is 14.5. The molecular weight excluding hydrogens is 270 g/mol. The Labute approximate surface area is 123 Å².